The van der Waals surface area contributed by atoms with Crippen molar-refractivity contribution >= 4 is 23.6 Å². The van der Waals surface area contributed by atoms with Gasteiger partial charge in [-0.05, 0) is 30.0 Å². The molecule has 0 aliphatic carbocycles. The highest BCUT2D eigenvalue weighted by atomic mass is 16.5. The van der Waals surface area contributed by atoms with Gasteiger partial charge in [0, 0.05) is 25.8 Å². The third-order valence-corrected chi connectivity index (χ3v) is 7.04. The van der Waals surface area contributed by atoms with E-state index >= 15 is 0 Å². The summed E-state index contributed by atoms with van der Waals surface area (Å²) in [4.78, 5) is 46.2. The van der Waals surface area contributed by atoms with Crippen molar-refractivity contribution in [1.29, 1.82) is 0 Å². The molecule has 5 rings (SSSR count). The maximum atomic E-state index is 13.6. The Bertz CT molecular complexity index is 1130. The molecule has 0 spiro atoms. The molecule has 1 N–H and O–H groups in total. The Morgan fingerprint density at radius 3 is 2.51 bits per heavy atom. The number of benzene rings is 2. The molecule has 3 amide bonds. The molecule has 3 aliphatic rings. The molecule has 35 heavy (non-hydrogen) atoms. The zero-order chi connectivity index (χ0) is 24.7. The van der Waals surface area contributed by atoms with Crippen LogP contribution in [0.2, 0.25) is 0 Å². The molecule has 3 saturated heterocycles. The van der Waals surface area contributed by atoms with Gasteiger partial charge in [0.05, 0.1) is 0 Å². The highest BCUT2D eigenvalue weighted by molar-refractivity contribution is 6.02. The first-order valence-corrected chi connectivity index (χ1v) is 12.0. The second-order valence-corrected chi connectivity index (χ2v) is 9.63. The van der Waals surface area contributed by atoms with Crippen LogP contribution in [0, 0.1) is 12.8 Å². The molecule has 9 heteroatoms. The Morgan fingerprint density at radius 2 is 1.77 bits per heavy atom. The van der Waals surface area contributed by atoms with Crippen molar-refractivity contribution in [2.75, 3.05) is 31.6 Å². The summed E-state index contributed by atoms with van der Waals surface area (Å²) >= 11 is 0. The summed E-state index contributed by atoms with van der Waals surface area (Å²) in [6, 6.07) is 16.4. The zero-order valence-electron chi connectivity index (χ0n) is 20.3. The summed E-state index contributed by atoms with van der Waals surface area (Å²) in [5.41, 5.74) is 3.09. The molecule has 9 nitrogen and oxygen atoms in total. The van der Waals surface area contributed by atoms with Gasteiger partial charge in [-0.25, -0.2) is 4.79 Å². The first kappa shape index (κ1) is 23.3. The van der Waals surface area contributed by atoms with E-state index in [0.29, 0.717) is 12.5 Å². The molecule has 2 aromatic rings. The van der Waals surface area contributed by atoms with Crippen molar-refractivity contribution in [1.82, 2.24) is 20.0 Å². The van der Waals surface area contributed by atoms with E-state index in [-0.39, 0.29) is 18.8 Å². The molecule has 0 saturated carbocycles. The highest BCUT2D eigenvalue weighted by Gasteiger charge is 2.57. The Labute approximate surface area is 205 Å². The lowest BCUT2D eigenvalue weighted by molar-refractivity contribution is -0.152. The second kappa shape index (κ2) is 9.31. The van der Waals surface area contributed by atoms with Crippen LogP contribution in [0.3, 0.4) is 0 Å². The van der Waals surface area contributed by atoms with E-state index in [1.54, 1.807) is 7.05 Å². The predicted molar refractivity (Wildman–Crippen MR) is 130 cm³/mol. The minimum atomic E-state index is -0.613. The average molecular weight is 478 g/mol. The number of anilines is 1. The largest absolute Gasteiger partial charge is 0.459 e. The number of carbonyl (C=O) groups excluding carboxylic acids is 3. The van der Waals surface area contributed by atoms with E-state index in [9.17, 15) is 14.4 Å². The fourth-order valence-electron chi connectivity index (χ4n) is 5.35. The van der Waals surface area contributed by atoms with E-state index in [4.69, 9.17) is 4.74 Å². The molecule has 0 radical (unpaired) electrons. The number of para-hydroxylation sites is 1. The van der Waals surface area contributed by atoms with Gasteiger partial charge in [-0.1, -0.05) is 55.5 Å². The number of imide groups is 1. The maximum absolute atomic E-state index is 13.6. The molecule has 3 fully saturated rings. The smallest absolute Gasteiger partial charge is 0.328 e. The number of nitrogens with zero attached hydrogens (tertiary/aromatic N) is 4. The number of urea groups is 1. The predicted octanol–water partition coefficient (Wildman–Crippen LogP) is 1.97. The normalized spacial score (nSPS) is 26.5. The van der Waals surface area contributed by atoms with E-state index in [1.165, 1.54) is 4.90 Å². The zero-order valence-corrected chi connectivity index (χ0v) is 20.3. The lowest BCUT2D eigenvalue weighted by Crippen LogP contribution is -2.67. The number of likely N-dealkylation sites (N-methyl/N-ethyl adjacent to an activating group) is 1. The molecule has 0 bridgehead atoms. The summed E-state index contributed by atoms with van der Waals surface area (Å²) in [5, 5.41) is 3.52. The van der Waals surface area contributed by atoms with Crippen molar-refractivity contribution in [3.05, 3.63) is 65.7 Å². The number of rotatable bonds is 5. The standard InChI is InChI=1S/C26H31N5O4/c1-17-13-29(20-12-8-7-9-18(20)2)25-27-23-22(30(25)14-17)24(33)31(26(34)28(23)3)15-21(32)35-16-19-10-5-4-6-11-19/h4-12,17,22-23,25,27H,13-16H2,1-3H3. The summed E-state index contributed by atoms with van der Waals surface area (Å²) in [7, 11) is 1.67. The van der Waals surface area contributed by atoms with Gasteiger partial charge in [-0.15, -0.1) is 0 Å². The van der Waals surface area contributed by atoms with E-state index in [0.717, 1.165) is 28.3 Å². The van der Waals surface area contributed by atoms with E-state index < -0.39 is 30.8 Å². The van der Waals surface area contributed by atoms with Crippen LogP contribution in [0.15, 0.2) is 54.6 Å². The monoisotopic (exact) mass is 477 g/mol. The number of esters is 1. The van der Waals surface area contributed by atoms with Gasteiger partial charge >= 0.3 is 12.0 Å². The molecular weight excluding hydrogens is 446 g/mol. The Hall–Kier alpha value is -3.43. The topological polar surface area (TPSA) is 85.4 Å². The number of hydrogen-bond acceptors (Lipinski definition) is 7. The molecule has 2 aromatic carbocycles. The fraction of sp³-hybridized carbons (Fsp3) is 0.423. The fourth-order valence-corrected chi connectivity index (χ4v) is 5.35. The number of amides is 3. The van der Waals surface area contributed by atoms with Crippen molar-refractivity contribution < 1.29 is 19.1 Å². The van der Waals surface area contributed by atoms with Crippen molar-refractivity contribution in [3.8, 4) is 0 Å². The molecular formula is C26H31N5O4. The molecule has 184 valence electrons. The van der Waals surface area contributed by atoms with Gasteiger partial charge in [0.2, 0.25) is 0 Å². The Morgan fingerprint density at radius 1 is 1.06 bits per heavy atom. The van der Waals surface area contributed by atoms with Crippen molar-refractivity contribution in [2.24, 2.45) is 5.92 Å². The number of fused-ring (bicyclic) bond motifs is 3. The van der Waals surface area contributed by atoms with Crippen LogP contribution in [0.25, 0.3) is 0 Å². The van der Waals surface area contributed by atoms with Crippen LogP contribution in [0.1, 0.15) is 18.1 Å². The Balaban J connectivity index is 1.35. The van der Waals surface area contributed by atoms with Crippen molar-refractivity contribution in [2.45, 2.75) is 39.0 Å². The number of nitrogens with one attached hydrogen (secondary N) is 1. The van der Waals surface area contributed by atoms with E-state index in [2.05, 4.69) is 41.1 Å². The van der Waals surface area contributed by atoms with Crippen LogP contribution >= 0.6 is 0 Å². The van der Waals surface area contributed by atoms with Gasteiger partial charge in [0.25, 0.3) is 5.91 Å². The molecule has 3 heterocycles. The minimum Gasteiger partial charge on any atom is -0.459 e. The molecule has 0 aromatic heterocycles. The first-order chi connectivity index (χ1) is 16.8. The quantitative estimate of drug-likeness (QED) is 0.659. The summed E-state index contributed by atoms with van der Waals surface area (Å²) in [6.07, 6.45) is -0.708. The molecule has 4 unspecified atom stereocenters. The van der Waals surface area contributed by atoms with Gasteiger partial charge in [0.1, 0.15) is 31.6 Å². The van der Waals surface area contributed by atoms with Gasteiger partial charge < -0.3 is 14.5 Å². The van der Waals surface area contributed by atoms with Crippen LogP contribution < -0.4 is 10.2 Å². The number of ether oxygens (including phenoxy) is 1. The van der Waals surface area contributed by atoms with Crippen LogP contribution in [-0.2, 0) is 20.9 Å². The van der Waals surface area contributed by atoms with Gasteiger partial charge in [0.15, 0.2) is 0 Å². The maximum Gasteiger partial charge on any atom is 0.328 e. The van der Waals surface area contributed by atoms with Gasteiger partial charge in [-0.2, -0.15) is 0 Å². The summed E-state index contributed by atoms with van der Waals surface area (Å²) in [5.74, 6) is -0.673. The minimum absolute atomic E-state index is 0.0937. The second-order valence-electron chi connectivity index (χ2n) is 9.63. The van der Waals surface area contributed by atoms with Crippen molar-refractivity contribution in [3.63, 3.8) is 0 Å². The summed E-state index contributed by atoms with van der Waals surface area (Å²) < 4.78 is 5.34. The molecule has 3 aliphatic heterocycles. The molecule has 4 atom stereocenters. The van der Waals surface area contributed by atoms with Crippen LogP contribution in [-0.4, -0.2) is 77.8 Å². The number of aryl methyl sites for hydroxylation is 1. The van der Waals surface area contributed by atoms with Crippen LogP contribution in [0.5, 0.6) is 0 Å². The Kier molecular flexibility index (Phi) is 6.21. The average Bonchev–Trinajstić information content (AvgIpc) is 3.24. The third kappa shape index (κ3) is 4.26. The SMILES string of the molecule is Cc1ccccc1N1CC(C)CN2C3C(=O)N(CC(=O)OCc4ccccc4)C(=O)N(C)C3NC12. The summed E-state index contributed by atoms with van der Waals surface area (Å²) in [6.45, 7) is 5.46. The lowest BCUT2D eigenvalue weighted by Gasteiger charge is -2.46. The lowest BCUT2D eigenvalue weighted by atomic mass is 10.0. The number of hydrogen-bond donors (Lipinski definition) is 1. The number of carbonyl (C=O) groups is 3. The first-order valence-electron chi connectivity index (χ1n) is 12.0. The van der Waals surface area contributed by atoms with E-state index in [1.807, 2.05) is 42.5 Å². The highest BCUT2D eigenvalue weighted by Crippen LogP contribution is 2.35. The van der Waals surface area contributed by atoms with Gasteiger partial charge in [-0.3, -0.25) is 24.7 Å². The van der Waals surface area contributed by atoms with Crippen LogP contribution in [0.4, 0.5) is 10.5 Å². The third-order valence-electron chi connectivity index (χ3n) is 7.04.